The average molecular weight is 462 g/mol. The van der Waals surface area contributed by atoms with Crippen LogP contribution in [0.1, 0.15) is 17.5 Å². The summed E-state index contributed by atoms with van der Waals surface area (Å²) in [5.41, 5.74) is 5.27. The monoisotopic (exact) mass is 461 g/mol. The minimum Gasteiger partial charge on any atom is -0.468 e. The third kappa shape index (κ3) is 5.24. The van der Waals surface area contributed by atoms with Crippen molar-refractivity contribution in [2.24, 2.45) is 0 Å². The second-order valence-corrected chi connectivity index (χ2v) is 10.1. The summed E-state index contributed by atoms with van der Waals surface area (Å²) in [6, 6.07) is 27.6. The van der Waals surface area contributed by atoms with Crippen molar-refractivity contribution in [3.05, 3.63) is 102 Å². The van der Waals surface area contributed by atoms with Crippen LogP contribution in [0, 0.1) is 0 Å². The molecule has 6 heteroatoms. The molecule has 170 valence electrons. The lowest BCUT2D eigenvalue weighted by Crippen LogP contribution is -2.45. The number of benzene rings is 3. The molecular weight excluding hydrogens is 434 g/mol. The molecule has 0 aromatic heterocycles. The number of carbonyl (C=O) groups excluding carboxylic acids is 1. The van der Waals surface area contributed by atoms with Crippen LogP contribution in [0.25, 0.3) is 16.7 Å². The summed E-state index contributed by atoms with van der Waals surface area (Å²) in [4.78, 5) is 12.4. The van der Waals surface area contributed by atoms with Gasteiger partial charge in [-0.3, -0.25) is 4.79 Å². The molecular formula is C27H27NO4S. The van der Waals surface area contributed by atoms with Crippen LogP contribution in [0.4, 0.5) is 0 Å². The number of nitrogens with zero attached hydrogens (tertiary/aromatic N) is 1. The molecule has 0 saturated carbocycles. The number of sulfonamides is 1. The first kappa shape index (κ1) is 23.0. The molecule has 1 aliphatic rings. The normalized spacial score (nSPS) is 15.5. The van der Waals surface area contributed by atoms with Crippen LogP contribution in [0.3, 0.4) is 0 Å². The quantitative estimate of drug-likeness (QED) is 0.484. The molecule has 3 aromatic carbocycles. The first-order chi connectivity index (χ1) is 16.0. The molecule has 0 N–H and O–H groups in total. The molecule has 5 nitrogen and oxygen atoms in total. The fourth-order valence-corrected chi connectivity index (χ4v) is 5.83. The highest BCUT2D eigenvalue weighted by Gasteiger charge is 2.38. The van der Waals surface area contributed by atoms with Crippen LogP contribution in [0.2, 0.25) is 0 Å². The van der Waals surface area contributed by atoms with Crippen molar-refractivity contribution in [3.63, 3.8) is 0 Å². The Bertz CT molecular complexity index is 1220. The summed E-state index contributed by atoms with van der Waals surface area (Å²) in [6.45, 7) is 0.567. The Morgan fingerprint density at radius 1 is 0.879 bits per heavy atom. The van der Waals surface area contributed by atoms with Crippen molar-refractivity contribution in [2.45, 2.75) is 18.1 Å². The van der Waals surface area contributed by atoms with E-state index in [1.54, 1.807) is 0 Å². The van der Waals surface area contributed by atoms with E-state index in [-0.39, 0.29) is 13.0 Å². The first-order valence-corrected chi connectivity index (χ1v) is 12.4. The van der Waals surface area contributed by atoms with E-state index in [1.807, 2.05) is 54.6 Å². The first-order valence-electron chi connectivity index (χ1n) is 10.9. The zero-order valence-electron chi connectivity index (χ0n) is 18.6. The number of hydrogen-bond donors (Lipinski definition) is 0. The van der Waals surface area contributed by atoms with Crippen LogP contribution in [0.15, 0.2) is 91.0 Å². The predicted molar refractivity (Wildman–Crippen MR) is 131 cm³/mol. The van der Waals surface area contributed by atoms with Crippen molar-refractivity contribution < 1.29 is 17.9 Å². The highest BCUT2D eigenvalue weighted by molar-refractivity contribution is 7.90. The van der Waals surface area contributed by atoms with Crippen molar-refractivity contribution >= 4 is 21.6 Å². The van der Waals surface area contributed by atoms with Crippen LogP contribution >= 0.6 is 0 Å². The molecule has 0 saturated heterocycles. The molecule has 0 bridgehead atoms. The Balaban J connectivity index is 1.50. The molecule has 1 atom stereocenters. The summed E-state index contributed by atoms with van der Waals surface area (Å²) in [7, 11) is -2.64. The van der Waals surface area contributed by atoms with E-state index in [9.17, 15) is 13.2 Å². The van der Waals surface area contributed by atoms with E-state index < -0.39 is 21.2 Å². The van der Waals surface area contributed by atoms with Gasteiger partial charge in [-0.15, -0.1) is 0 Å². The molecule has 1 heterocycles. The second-order valence-electron chi connectivity index (χ2n) is 8.03. The number of methoxy groups -OCH3 is 1. The van der Waals surface area contributed by atoms with E-state index in [0.29, 0.717) is 13.0 Å². The predicted octanol–water partition coefficient (Wildman–Crippen LogP) is 4.56. The highest BCUT2D eigenvalue weighted by Crippen LogP contribution is 2.28. The van der Waals surface area contributed by atoms with E-state index in [0.717, 1.165) is 27.8 Å². The topological polar surface area (TPSA) is 63.7 Å². The van der Waals surface area contributed by atoms with Gasteiger partial charge in [0.05, 0.1) is 7.11 Å². The Labute approximate surface area is 195 Å². The zero-order chi connectivity index (χ0) is 23.3. The van der Waals surface area contributed by atoms with Crippen molar-refractivity contribution in [1.82, 2.24) is 4.31 Å². The van der Waals surface area contributed by atoms with Gasteiger partial charge in [-0.05, 0) is 34.2 Å². The van der Waals surface area contributed by atoms with E-state index in [4.69, 9.17) is 4.74 Å². The molecule has 0 unspecified atom stereocenters. The Morgan fingerprint density at radius 2 is 1.45 bits per heavy atom. The van der Waals surface area contributed by atoms with Crippen LogP contribution in [-0.2, 0) is 26.0 Å². The fraction of sp³-hybridized carbons (Fsp3) is 0.222. The Morgan fingerprint density at radius 3 is 2.03 bits per heavy atom. The van der Waals surface area contributed by atoms with E-state index >= 15 is 0 Å². The number of ether oxygens (including phenoxy) is 1. The fourth-order valence-electron chi connectivity index (χ4n) is 4.10. The SMILES string of the molecule is COC(=O)[C@@H](Cc1ccccc1)S(=O)(=O)N1CC=C(c2ccc(-c3ccccc3)cc2)CC1. The molecule has 0 fully saturated rings. The van der Waals surface area contributed by atoms with Gasteiger partial charge in [0.25, 0.3) is 0 Å². The summed E-state index contributed by atoms with van der Waals surface area (Å²) < 4.78 is 32.9. The summed E-state index contributed by atoms with van der Waals surface area (Å²) >= 11 is 0. The smallest absolute Gasteiger partial charge is 0.325 e. The number of rotatable bonds is 7. The minimum absolute atomic E-state index is 0.0872. The molecule has 0 spiro atoms. The molecule has 0 amide bonds. The largest absolute Gasteiger partial charge is 0.468 e. The molecule has 0 radical (unpaired) electrons. The van der Waals surface area contributed by atoms with Gasteiger partial charge < -0.3 is 4.74 Å². The van der Waals surface area contributed by atoms with Crippen LogP contribution < -0.4 is 0 Å². The van der Waals surface area contributed by atoms with Gasteiger partial charge in [-0.1, -0.05) is 91.0 Å². The zero-order valence-corrected chi connectivity index (χ0v) is 19.4. The van der Waals surface area contributed by atoms with Gasteiger partial charge in [0, 0.05) is 19.5 Å². The standard InChI is InChI=1S/C27H27NO4S/c1-32-27(29)26(20-21-8-4-2-5-9-21)33(30,31)28-18-16-25(17-19-28)24-14-12-23(13-15-24)22-10-6-3-7-11-22/h2-16,26H,17-20H2,1H3/t26-/m1/s1. The van der Waals surface area contributed by atoms with Gasteiger partial charge in [0.2, 0.25) is 10.0 Å². The Kier molecular flexibility index (Phi) is 7.06. The minimum atomic E-state index is -3.87. The summed E-state index contributed by atoms with van der Waals surface area (Å²) in [5.74, 6) is -0.731. The lowest BCUT2D eigenvalue weighted by Gasteiger charge is -2.29. The molecule has 3 aromatic rings. The molecule has 0 aliphatic carbocycles. The lowest BCUT2D eigenvalue weighted by molar-refractivity contribution is -0.140. The van der Waals surface area contributed by atoms with Crippen molar-refractivity contribution in [1.29, 1.82) is 0 Å². The van der Waals surface area contributed by atoms with E-state index in [2.05, 4.69) is 36.4 Å². The van der Waals surface area contributed by atoms with Gasteiger partial charge in [0.15, 0.2) is 5.25 Å². The lowest BCUT2D eigenvalue weighted by atomic mass is 9.97. The maximum Gasteiger partial charge on any atom is 0.325 e. The van der Waals surface area contributed by atoms with Crippen LogP contribution in [-0.4, -0.2) is 44.1 Å². The van der Waals surface area contributed by atoms with Gasteiger partial charge in [0.1, 0.15) is 0 Å². The van der Waals surface area contributed by atoms with Gasteiger partial charge in [-0.2, -0.15) is 4.31 Å². The maximum absolute atomic E-state index is 13.3. The average Bonchev–Trinajstić information content (AvgIpc) is 2.88. The van der Waals surface area contributed by atoms with E-state index in [1.165, 1.54) is 11.4 Å². The van der Waals surface area contributed by atoms with Crippen molar-refractivity contribution in [3.8, 4) is 11.1 Å². The summed E-state index contributed by atoms with van der Waals surface area (Å²) in [5, 5.41) is -1.26. The molecule has 1 aliphatic heterocycles. The maximum atomic E-state index is 13.3. The summed E-state index contributed by atoms with van der Waals surface area (Å²) in [6.07, 6.45) is 2.61. The molecule has 4 rings (SSSR count). The molecule has 33 heavy (non-hydrogen) atoms. The third-order valence-corrected chi connectivity index (χ3v) is 8.11. The number of carbonyl (C=O) groups is 1. The van der Waals surface area contributed by atoms with Gasteiger partial charge >= 0.3 is 5.97 Å². The second kappa shape index (κ2) is 10.1. The number of hydrogen-bond acceptors (Lipinski definition) is 4. The highest BCUT2D eigenvalue weighted by atomic mass is 32.2. The van der Waals surface area contributed by atoms with Crippen LogP contribution in [0.5, 0.6) is 0 Å². The van der Waals surface area contributed by atoms with Crippen molar-refractivity contribution in [2.75, 3.05) is 20.2 Å². The van der Waals surface area contributed by atoms with Gasteiger partial charge in [-0.25, -0.2) is 8.42 Å². The Hall–Kier alpha value is -3.22. The third-order valence-electron chi connectivity index (χ3n) is 5.98. The number of esters is 1.